The van der Waals surface area contributed by atoms with Gasteiger partial charge in [-0.2, -0.15) is 13.2 Å². The maximum atomic E-state index is 12.9. The number of aromatic nitrogens is 1. The topological polar surface area (TPSA) is 60.5 Å². The van der Waals surface area contributed by atoms with Crippen molar-refractivity contribution in [2.24, 2.45) is 0 Å². The number of anilines is 2. The standard InChI is InChI=1S/C19H15F3N2O3/c1-26-16-10-17(23-13-5-3-4-12(9-13)19(20,21)22)24-15-8-11(18(25)27-2)6-7-14(15)16/h3-10H,1-2H3,(H,23,24). The van der Waals surface area contributed by atoms with Gasteiger partial charge in [-0.25, -0.2) is 9.78 Å². The molecule has 1 N–H and O–H groups in total. The maximum absolute atomic E-state index is 12.9. The van der Waals surface area contributed by atoms with Crippen molar-refractivity contribution in [3.05, 3.63) is 59.7 Å². The minimum atomic E-state index is -4.44. The molecule has 0 amide bonds. The van der Waals surface area contributed by atoms with Crippen LogP contribution in [0.5, 0.6) is 5.75 Å². The molecule has 3 rings (SSSR count). The van der Waals surface area contributed by atoms with Gasteiger partial charge in [0.2, 0.25) is 0 Å². The van der Waals surface area contributed by atoms with Gasteiger partial charge in [0.15, 0.2) is 0 Å². The van der Waals surface area contributed by atoms with E-state index in [4.69, 9.17) is 9.47 Å². The van der Waals surface area contributed by atoms with Crippen LogP contribution < -0.4 is 10.1 Å². The van der Waals surface area contributed by atoms with Crippen molar-refractivity contribution < 1.29 is 27.4 Å². The monoisotopic (exact) mass is 376 g/mol. The number of ether oxygens (including phenoxy) is 2. The summed E-state index contributed by atoms with van der Waals surface area (Å²) in [5.74, 6) is 0.223. The van der Waals surface area contributed by atoms with E-state index in [-0.39, 0.29) is 11.5 Å². The van der Waals surface area contributed by atoms with Crippen molar-refractivity contribution in [1.82, 2.24) is 4.98 Å². The second-order valence-electron chi connectivity index (χ2n) is 5.64. The number of nitrogens with zero attached hydrogens (tertiary/aromatic N) is 1. The molecule has 0 atom stereocenters. The number of esters is 1. The van der Waals surface area contributed by atoms with Crippen molar-refractivity contribution in [3.8, 4) is 5.75 Å². The van der Waals surface area contributed by atoms with E-state index in [1.54, 1.807) is 18.2 Å². The van der Waals surface area contributed by atoms with Crippen LogP contribution >= 0.6 is 0 Å². The number of carbonyl (C=O) groups is 1. The molecule has 2 aromatic carbocycles. The zero-order valence-corrected chi connectivity index (χ0v) is 14.4. The molecular formula is C19H15F3N2O3. The van der Waals surface area contributed by atoms with Gasteiger partial charge in [-0.15, -0.1) is 0 Å². The SMILES string of the molecule is COC(=O)c1ccc2c(OC)cc(Nc3cccc(C(F)(F)F)c3)nc2c1. The second kappa shape index (κ2) is 7.14. The van der Waals surface area contributed by atoms with Crippen molar-refractivity contribution in [2.75, 3.05) is 19.5 Å². The fourth-order valence-corrected chi connectivity index (χ4v) is 2.60. The molecule has 0 unspecified atom stereocenters. The Morgan fingerprint density at radius 3 is 2.52 bits per heavy atom. The Labute approximate surface area is 152 Å². The quantitative estimate of drug-likeness (QED) is 0.664. The fraction of sp³-hybridized carbons (Fsp3) is 0.158. The fourth-order valence-electron chi connectivity index (χ4n) is 2.60. The first-order valence-corrected chi connectivity index (χ1v) is 7.83. The van der Waals surface area contributed by atoms with E-state index in [1.807, 2.05) is 0 Å². The minimum absolute atomic E-state index is 0.225. The first-order valence-electron chi connectivity index (χ1n) is 7.83. The Morgan fingerprint density at radius 1 is 1.07 bits per heavy atom. The highest BCUT2D eigenvalue weighted by atomic mass is 19.4. The molecule has 0 spiro atoms. The van der Waals surface area contributed by atoms with Crippen LogP contribution in [-0.4, -0.2) is 25.2 Å². The number of hydrogen-bond acceptors (Lipinski definition) is 5. The smallest absolute Gasteiger partial charge is 0.416 e. The molecule has 0 saturated carbocycles. The number of rotatable bonds is 4. The van der Waals surface area contributed by atoms with Crippen molar-refractivity contribution in [3.63, 3.8) is 0 Å². The molecule has 0 aliphatic rings. The van der Waals surface area contributed by atoms with Crippen LogP contribution in [0.3, 0.4) is 0 Å². The number of methoxy groups -OCH3 is 2. The first kappa shape index (κ1) is 18.5. The summed E-state index contributed by atoms with van der Waals surface area (Å²) in [6, 6.07) is 11.1. The first-order chi connectivity index (χ1) is 12.8. The largest absolute Gasteiger partial charge is 0.496 e. The second-order valence-corrected chi connectivity index (χ2v) is 5.64. The highest BCUT2D eigenvalue weighted by Gasteiger charge is 2.30. The lowest BCUT2D eigenvalue weighted by Gasteiger charge is -2.13. The third-order valence-electron chi connectivity index (χ3n) is 3.88. The molecular weight excluding hydrogens is 361 g/mol. The van der Waals surface area contributed by atoms with E-state index in [9.17, 15) is 18.0 Å². The van der Waals surface area contributed by atoms with Crippen LogP contribution in [0.25, 0.3) is 10.9 Å². The predicted molar refractivity (Wildman–Crippen MR) is 94.4 cm³/mol. The molecule has 8 heteroatoms. The van der Waals surface area contributed by atoms with Gasteiger partial charge in [-0.05, 0) is 36.4 Å². The molecule has 140 valence electrons. The number of halogens is 3. The van der Waals surface area contributed by atoms with E-state index >= 15 is 0 Å². The molecule has 0 aliphatic heterocycles. The van der Waals surface area contributed by atoms with Gasteiger partial charge >= 0.3 is 12.1 Å². The van der Waals surface area contributed by atoms with Crippen LogP contribution in [0, 0.1) is 0 Å². The van der Waals surface area contributed by atoms with Crippen LogP contribution in [0.4, 0.5) is 24.7 Å². The molecule has 0 saturated heterocycles. The Kier molecular flexibility index (Phi) is 4.89. The lowest BCUT2D eigenvalue weighted by molar-refractivity contribution is -0.137. The van der Waals surface area contributed by atoms with Gasteiger partial charge < -0.3 is 14.8 Å². The van der Waals surface area contributed by atoms with E-state index in [0.717, 1.165) is 12.1 Å². The summed E-state index contributed by atoms with van der Waals surface area (Å²) in [5.41, 5.74) is 0.193. The Bertz CT molecular complexity index is 1000. The number of hydrogen-bond donors (Lipinski definition) is 1. The minimum Gasteiger partial charge on any atom is -0.496 e. The van der Waals surface area contributed by atoms with Crippen LogP contribution in [0.15, 0.2) is 48.5 Å². The Hall–Kier alpha value is -3.29. The average Bonchev–Trinajstić information content (AvgIpc) is 2.65. The molecule has 27 heavy (non-hydrogen) atoms. The molecule has 5 nitrogen and oxygen atoms in total. The van der Waals surface area contributed by atoms with Gasteiger partial charge in [0.25, 0.3) is 0 Å². The number of alkyl halides is 3. The lowest BCUT2D eigenvalue weighted by Crippen LogP contribution is -2.05. The molecule has 0 bridgehead atoms. The summed E-state index contributed by atoms with van der Waals surface area (Å²) in [7, 11) is 2.74. The third kappa shape index (κ3) is 3.94. The number of nitrogens with one attached hydrogen (secondary N) is 1. The summed E-state index contributed by atoms with van der Waals surface area (Å²) < 4.78 is 48.7. The lowest BCUT2D eigenvalue weighted by atomic mass is 10.1. The molecule has 0 fully saturated rings. The number of carbonyl (C=O) groups excluding carboxylic acids is 1. The molecule has 3 aromatic rings. The van der Waals surface area contributed by atoms with Gasteiger partial charge in [0.1, 0.15) is 11.6 Å². The average molecular weight is 376 g/mol. The summed E-state index contributed by atoms with van der Waals surface area (Å²) in [5, 5.41) is 3.49. The Balaban J connectivity index is 2.03. The van der Waals surface area contributed by atoms with Crippen molar-refractivity contribution >= 4 is 28.4 Å². The van der Waals surface area contributed by atoms with Crippen molar-refractivity contribution in [1.29, 1.82) is 0 Å². The van der Waals surface area contributed by atoms with E-state index < -0.39 is 17.7 Å². The Morgan fingerprint density at radius 2 is 1.85 bits per heavy atom. The summed E-state index contributed by atoms with van der Waals surface area (Å²) in [6.45, 7) is 0. The van der Waals surface area contributed by atoms with Crippen LogP contribution in [0.1, 0.15) is 15.9 Å². The number of fused-ring (bicyclic) bond motifs is 1. The normalized spacial score (nSPS) is 11.3. The molecule has 0 radical (unpaired) electrons. The summed E-state index contributed by atoms with van der Waals surface area (Å²) in [6.07, 6.45) is -4.44. The molecule has 1 aromatic heterocycles. The predicted octanol–water partition coefficient (Wildman–Crippen LogP) is 4.79. The van der Waals surface area contributed by atoms with E-state index in [2.05, 4.69) is 10.3 Å². The van der Waals surface area contributed by atoms with E-state index in [1.165, 1.54) is 32.4 Å². The third-order valence-corrected chi connectivity index (χ3v) is 3.88. The van der Waals surface area contributed by atoms with Gasteiger partial charge in [0.05, 0.1) is 30.9 Å². The zero-order chi connectivity index (χ0) is 19.6. The van der Waals surface area contributed by atoms with Crippen LogP contribution in [-0.2, 0) is 10.9 Å². The number of pyridine rings is 1. The zero-order valence-electron chi connectivity index (χ0n) is 14.4. The van der Waals surface area contributed by atoms with Gasteiger partial charge in [-0.1, -0.05) is 6.07 Å². The highest BCUT2D eigenvalue weighted by molar-refractivity contribution is 5.96. The number of benzene rings is 2. The highest BCUT2D eigenvalue weighted by Crippen LogP contribution is 2.33. The van der Waals surface area contributed by atoms with E-state index in [0.29, 0.717) is 22.2 Å². The molecule has 0 aliphatic carbocycles. The van der Waals surface area contributed by atoms with Gasteiger partial charge in [-0.3, -0.25) is 0 Å². The van der Waals surface area contributed by atoms with Crippen LogP contribution in [0.2, 0.25) is 0 Å². The molecule has 1 heterocycles. The summed E-state index contributed by atoms with van der Waals surface area (Å²) >= 11 is 0. The summed E-state index contributed by atoms with van der Waals surface area (Å²) in [4.78, 5) is 16.1. The van der Waals surface area contributed by atoms with Gasteiger partial charge in [0, 0.05) is 17.1 Å². The maximum Gasteiger partial charge on any atom is 0.416 e. The van der Waals surface area contributed by atoms with Crippen molar-refractivity contribution in [2.45, 2.75) is 6.18 Å².